The highest BCUT2D eigenvalue weighted by Gasteiger charge is 2.23. The van der Waals surface area contributed by atoms with Gasteiger partial charge in [-0.15, -0.1) is 0 Å². The van der Waals surface area contributed by atoms with Crippen molar-refractivity contribution in [3.05, 3.63) is 29.3 Å². The van der Waals surface area contributed by atoms with Gasteiger partial charge in [-0.05, 0) is 43.5 Å². The van der Waals surface area contributed by atoms with Gasteiger partial charge in [-0.3, -0.25) is 4.72 Å². The zero-order chi connectivity index (χ0) is 15.3. The molecule has 0 atom stereocenters. The zero-order valence-corrected chi connectivity index (χ0v) is 12.9. The average Bonchev–Trinajstić information content (AvgIpc) is 2.45. The lowest BCUT2D eigenvalue weighted by Gasteiger charge is -2.26. The standard InChI is InChI=1S/C15H20N2O3S/c1-13-10-14(6-5-9-18)12-15(11-13)16-21(19,20)17-7-3-2-4-8-17/h10-12,16,18H,2-4,7-9H2,1H3. The fourth-order valence-electron chi connectivity index (χ4n) is 2.37. The molecule has 0 aliphatic carbocycles. The van der Waals surface area contributed by atoms with E-state index >= 15 is 0 Å². The number of nitrogens with zero attached hydrogens (tertiary/aromatic N) is 1. The van der Waals surface area contributed by atoms with Gasteiger partial charge in [0, 0.05) is 18.7 Å². The predicted molar refractivity (Wildman–Crippen MR) is 83.1 cm³/mol. The van der Waals surface area contributed by atoms with Crippen molar-refractivity contribution in [1.82, 2.24) is 4.31 Å². The van der Waals surface area contributed by atoms with Crippen molar-refractivity contribution in [3.8, 4) is 11.8 Å². The third kappa shape index (κ3) is 4.46. The first-order chi connectivity index (χ1) is 10.0. The van der Waals surface area contributed by atoms with E-state index < -0.39 is 10.2 Å². The summed E-state index contributed by atoms with van der Waals surface area (Å²) in [6.45, 7) is 2.79. The molecule has 6 heteroatoms. The summed E-state index contributed by atoms with van der Waals surface area (Å²) in [4.78, 5) is 0. The van der Waals surface area contributed by atoms with E-state index in [0.29, 0.717) is 24.3 Å². The fraction of sp³-hybridized carbons (Fsp3) is 0.467. The minimum Gasteiger partial charge on any atom is -0.384 e. The Morgan fingerprint density at radius 3 is 2.62 bits per heavy atom. The Balaban J connectivity index is 2.20. The summed E-state index contributed by atoms with van der Waals surface area (Å²) in [5.74, 6) is 5.36. The van der Waals surface area contributed by atoms with Crippen LogP contribution in [0.1, 0.15) is 30.4 Å². The Morgan fingerprint density at radius 1 is 1.24 bits per heavy atom. The largest absolute Gasteiger partial charge is 0.384 e. The average molecular weight is 308 g/mol. The second-order valence-corrected chi connectivity index (χ2v) is 6.79. The Morgan fingerprint density at radius 2 is 1.95 bits per heavy atom. The number of aliphatic hydroxyl groups is 1. The van der Waals surface area contributed by atoms with E-state index in [1.54, 1.807) is 12.1 Å². The summed E-state index contributed by atoms with van der Waals surface area (Å²) >= 11 is 0. The SMILES string of the molecule is Cc1cc(C#CCO)cc(NS(=O)(=O)N2CCCCC2)c1. The number of nitrogens with one attached hydrogen (secondary N) is 1. The highest BCUT2D eigenvalue weighted by molar-refractivity contribution is 7.90. The molecule has 1 fully saturated rings. The maximum absolute atomic E-state index is 12.3. The second kappa shape index (κ2) is 6.94. The molecule has 0 radical (unpaired) electrons. The van der Waals surface area contributed by atoms with E-state index in [1.807, 2.05) is 13.0 Å². The summed E-state index contributed by atoms with van der Waals surface area (Å²) in [6, 6.07) is 5.30. The maximum Gasteiger partial charge on any atom is 0.301 e. The molecule has 1 aromatic carbocycles. The monoisotopic (exact) mass is 308 g/mol. The minimum atomic E-state index is -3.50. The molecule has 5 nitrogen and oxygen atoms in total. The van der Waals surface area contributed by atoms with Crippen LogP contribution < -0.4 is 4.72 Å². The van der Waals surface area contributed by atoms with Crippen molar-refractivity contribution in [2.24, 2.45) is 0 Å². The van der Waals surface area contributed by atoms with Crippen molar-refractivity contribution >= 4 is 15.9 Å². The normalized spacial score (nSPS) is 16.1. The highest BCUT2D eigenvalue weighted by Crippen LogP contribution is 2.19. The Bertz CT molecular complexity index is 653. The van der Waals surface area contributed by atoms with E-state index in [-0.39, 0.29) is 6.61 Å². The lowest BCUT2D eigenvalue weighted by atomic mass is 10.1. The van der Waals surface area contributed by atoms with Crippen molar-refractivity contribution in [1.29, 1.82) is 0 Å². The van der Waals surface area contributed by atoms with Crippen LogP contribution >= 0.6 is 0 Å². The van der Waals surface area contributed by atoms with Gasteiger partial charge < -0.3 is 5.11 Å². The summed E-state index contributed by atoms with van der Waals surface area (Å²) in [5.41, 5.74) is 2.10. The van der Waals surface area contributed by atoms with Crippen LogP contribution in [-0.2, 0) is 10.2 Å². The van der Waals surface area contributed by atoms with Crippen LogP contribution in [0.2, 0.25) is 0 Å². The van der Waals surface area contributed by atoms with Crippen LogP contribution in [0.3, 0.4) is 0 Å². The number of anilines is 1. The molecule has 1 aliphatic rings. The molecule has 0 bridgehead atoms. The van der Waals surface area contributed by atoms with Crippen molar-refractivity contribution in [2.75, 3.05) is 24.4 Å². The van der Waals surface area contributed by atoms with Crippen LogP contribution in [-0.4, -0.2) is 37.5 Å². The summed E-state index contributed by atoms with van der Waals surface area (Å²) in [7, 11) is -3.50. The molecule has 1 aliphatic heterocycles. The predicted octanol–water partition coefficient (Wildman–Crippen LogP) is 1.48. The third-order valence-corrected chi connectivity index (χ3v) is 4.83. The van der Waals surface area contributed by atoms with Crippen molar-refractivity contribution in [3.63, 3.8) is 0 Å². The van der Waals surface area contributed by atoms with E-state index in [2.05, 4.69) is 16.6 Å². The number of aliphatic hydroxyl groups excluding tert-OH is 1. The number of aryl methyl sites for hydroxylation is 1. The minimum absolute atomic E-state index is 0.219. The molecule has 1 saturated heterocycles. The van der Waals surface area contributed by atoms with Gasteiger partial charge in [0.25, 0.3) is 0 Å². The molecule has 114 valence electrons. The highest BCUT2D eigenvalue weighted by atomic mass is 32.2. The number of rotatable bonds is 3. The molecule has 2 rings (SSSR count). The zero-order valence-electron chi connectivity index (χ0n) is 12.1. The number of piperidine rings is 1. The smallest absolute Gasteiger partial charge is 0.301 e. The van der Waals surface area contributed by atoms with Gasteiger partial charge in [0.2, 0.25) is 0 Å². The van der Waals surface area contributed by atoms with Crippen molar-refractivity contribution < 1.29 is 13.5 Å². The van der Waals surface area contributed by atoms with Crippen LogP contribution in [0.4, 0.5) is 5.69 Å². The molecule has 0 spiro atoms. The van der Waals surface area contributed by atoms with E-state index in [1.165, 1.54) is 4.31 Å². The molecule has 0 amide bonds. The molecular weight excluding hydrogens is 288 g/mol. The molecule has 2 N–H and O–H groups in total. The van der Waals surface area contributed by atoms with Gasteiger partial charge in [0.15, 0.2) is 0 Å². The van der Waals surface area contributed by atoms with Gasteiger partial charge in [-0.25, -0.2) is 0 Å². The first-order valence-corrected chi connectivity index (χ1v) is 8.44. The second-order valence-electron chi connectivity index (χ2n) is 5.11. The van der Waals surface area contributed by atoms with Crippen LogP contribution in [0.25, 0.3) is 0 Å². The van der Waals surface area contributed by atoms with Gasteiger partial charge in [0.05, 0.1) is 5.69 Å². The summed E-state index contributed by atoms with van der Waals surface area (Å²) in [5, 5.41) is 8.73. The molecule has 0 unspecified atom stereocenters. The van der Waals surface area contributed by atoms with Gasteiger partial charge in [0.1, 0.15) is 6.61 Å². The molecule has 1 aromatic rings. The van der Waals surface area contributed by atoms with Gasteiger partial charge in [-0.2, -0.15) is 12.7 Å². The lowest BCUT2D eigenvalue weighted by Crippen LogP contribution is -2.39. The first kappa shape index (κ1) is 15.8. The van der Waals surface area contributed by atoms with E-state index in [4.69, 9.17) is 5.11 Å². The van der Waals surface area contributed by atoms with Crippen LogP contribution in [0, 0.1) is 18.8 Å². The topological polar surface area (TPSA) is 69.6 Å². The fourth-order valence-corrected chi connectivity index (χ4v) is 3.66. The van der Waals surface area contributed by atoms with E-state index in [9.17, 15) is 8.42 Å². The van der Waals surface area contributed by atoms with Crippen LogP contribution in [0.15, 0.2) is 18.2 Å². The molecule has 1 heterocycles. The molecular formula is C15H20N2O3S. The Kier molecular flexibility index (Phi) is 5.23. The molecule has 0 saturated carbocycles. The number of hydrogen-bond donors (Lipinski definition) is 2. The quantitative estimate of drug-likeness (QED) is 0.831. The number of hydrogen-bond acceptors (Lipinski definition) is 3. The first-order valence-electron chi connectivity index (χ1n) is 7.00. The Hall–Kier alpha value is -1.55. The summed E-state index contributed by atoms with van der Waals surface area (Å²) < 4.78 is 28.8. The third-order valence-electron chi connectivity index (χ3n) is 3.29. The van der Waals surface area contributed by atoms with E-state index in [0.717, 1.165) is 24.8 Å². The van der Waals surface area contributed by atoms with Crippen LogP contribution in [0.5, 0.6) is 0 Å². The van der Waals surface area contributed by atoms with Crippen molar-refractivity contribution in [2.45, 2.75) is 26.2 Å². The number of benzene rings is 1. The molecule has 0 aromatic heterocycles. The van der Waals surface area contributed by atoms with Gasteiger partial charge >= 0.3 is 10.2 Å². The molecule has 21 heavy (non-hydrogen) atoms. The maximum atomic E-state index is 12.3. The lowest BCUT2D eigenvalue weighted by molar-refractivity contribution is 0.349. The van der Waals surface area contributed by atoms with Gasteiger partial charge in [-0.1, -0.05) is 18.3 Å². The Labute approximate surface area is 126 Å². The summed E-state index contributed by atoms with van der Waals surface area (Å²) in [6.07, 6.45) is 2.89.